The molecule has 0 unspecified atom stereocenters. The minimum absolute atomic E-state index is 0.0121. The predicted molar refractivity (Wildman–Crippen MR) is 176 cm³/mol. The second-order valence-corrected chi connectivity index (χ2v) is 11.6. The van der Waals surface area contributed by atoms with Crippen molar-refractivity contribution in [1.82, 2.24) is 0 Å². The first-order valence-corrected chi connectivity index (χ1v) is 17.5. The lowest BCUT2D eigenvalue weighted by molar-refractivity contribution is -0.144. The van der Waals surface area contributed by atoms with Gasteiger partial charge in [-0.3, -0.25) is 9.59 Å². The Bertz CT molecular complexity index is 649. The number of aliphatic carboxylic acids is 1. The van der Waals surface area contributed by atoms with Crippen LogP contribution in [0.1, 0.15) is 180 Å². The van der Waals surface area contributed by atoms with Gasteiger partial charge >= 0.3 is 11.9 Å². The monoisotopic (exact) mass is 574 g/mol. The highest BCUT2D eigenvalue weighted by molar-refractivity contribution is 5.69. The van der Waals surface area contributed by atoms with Crippen molar-refractivity contribution >= 4 is 11.9 Å². The van der Waals surface area contributed by atoms with Gasteiger partial charge < -0.3 is 9.84 Å². The van der Waals surface area contributed by atoms with Gasteiger partial charge in [0.1, 0.15) is 0 Å². The van der Waals surface area contributed by atoms with Crippen molar-refractivity contribution < 1.29 is 19.4 Å². The lowest BCUT2D eigenvalue weighted by Gasteiger charge is -2.05. The Balaban J connectivity index is 3.23. The molecule has 0 rings (SSSR count). The number of allylic oxidation sites excluding steroid dienone is 6. The number of carbonyl (C=O) groups excluding carboxylic acids is 1. The van der Waals surface area contributed by atoms with Gasteiger partial charge in [0.05, 0.1) is 6.61 Å². The van der Waals surface area contributed by atoms with Gasteiger partial charge in [-0.25, -0.2) is 0 Å². The number of rotatable bonds is 32. The van der Waals surface area contributed by atoms with Gasteiger partial charge in [0.25, 0.3) is 0 Å². The zero-order chi connectivity index (χ0) is 29.9. The summed E-state index contributed by atoms with van der Waals surface area (Å²) < 4.78 is 5.42. The predicted octanol–water partition coefficient (Wildman–Crippen LogP) is 11.8. The normalized spacial score (nSPS) is 11.8. The average molecular weight is 575 g/mol. The third-order valence-electron chi connectivity index (χ3n) is 7.58. The number of ether oxygens (including phenoxy) is 1. The molecule has 0 atom stereocenters. The molecule has 0 saturated heterocycles. The van der Waals surface area contributed by atoms with E-state index in [1.807, 2.05) is 0 Å². The number of unbranched alkanes of at least 4 members (excludes halogenated alkanes) is 20. The Morgan fingerprint density at radius 3 is 1.37 bits per heavy atom. The zero-order valence-corrected chi connectivity index (χ0v) is 26.9. The molecule has 0 aromatic heterocycles. The van der Waals surface area contributed by atoms with Crippen LogP contribution in [-0.4, -0.2) is 23.7 Å². The van der Waals surface area contributed by atoms with Crippen molar-refractivity contribution in [3.63, 3.8) is 0 Å². The molecule has 0 heterocycles. The summed E-state index contributed by atoms with van der Waals surface area (Å²) in [4.78, 5) is 22.4. The fourth-order valence-electron chi connectivity index (χ4n) is 5.00. The van der Waals surface area contributed by atoms with Crippen LogP contribution in [0.15, 0.2) is 36.5 Å². The van der Waals surface area contributed by atoms with Crippen LogP contribution in [0, 0.1) is 0 Å². The molecule has 0 aromatic rings. The van der Waals surface area contributed by atoms with E-state index in [4.69, 9.17) is 9.84 Å². The molecule has 0 aliphatic rings. The smallest absolute Gasteiger partial charge is 0.305 e. The van der Waals surface area contributed by atoms with Gasteiger partial charge in [-0.15, -0.1) is 0 Å². The molecule has 1 N–H and O–H groups in total. The van der Waals surface area contributed by atoms with Gasteiger partial charge in [0.2, 0.25) is 0 Å². The SMILES string of the molecule is CC/C=C\C/C=C\C/C=C\CCCCCCCC(=O)OCCCCCCCCCCCCCCCCCCC(=O)O. The molecule has 0 aliphatic heterocycles. The van der Waals surface area contributed by atoms with Crippen LogP contribution in [0.2, 0.25) is 0 Å². The van der Waals surface area contributed by atoms with Crippen molar-refractivity contribution in [3.8, 4) is 0 Å². The lowest BCUT2D eigenvalue weighted by atomic mass is 10.0. The van der Waals surface area contributed by atoms with E-state index in [1.165, 1.54) is 103 Å². The maximum absolute atomic E-state index is 11.9. The first kappa shape index (κ1) is 39.2. The number of hydrogen-bond donors (Lipinski definition) is 1. The van der Waals surface area contributed by atoms with Crippen LogP contribution in [0.3, 0.4) is 0 Å². The number of carboxylic acids is 1. The molecule has 4 nitrogen and oxygen atoms in total. The zero-order valence-electron chi connectivity index (χ0n) is 26.9. The summed E-state index contributed by atoms with van der Waals surface area (Å²) in [7, 11) is 0. The Hall–Kier alpha value is -1.84. The molecule has 0 aliphatic carbocycles. The number of carbonyl (C=O) groups is 2. The Labute approximate surface area is 254 Å². The fourth-order valence-corrected chi connectivity index (χ4v) is 5.00. The highest BCUT2D eigenvalue weighted by Crippen LogP contribution is 2.14. The van der Waals surface area contributed by atoms with Gasteiger partial charge in [0, 0.05) is 12.8 Å². The summed E-state index contributed by atoms with van der Waals surface area (Å²) >= 11 is 0. The number of hydrogen-bond acceptors (Lipinski definition) is 3. The molecule has 0 fully saturated rings. The van der Waals surface area contributed by atoms with Crippen molar-refractivity contribution in [2.75, 3.05) is 6.61 Å². The molecule has 41 heavy (non-hydrogen) atoms. The number of esters is 1. The highest BCUT2D eigenvalue weighted by Gasteiger charge is 2.02. The van der Waals surface area contributed by atoms with Crippen molar-refractivity contribution in [2.24, 2.45) is 0 Å². The van der Waals surface area contributed by atoms with E-state index in [-0.39, 0.29) is 5.97 Å². The molecule has 0 spiro atoms. The maximum Gasteiger partial charge on any atom is 0.305 e. The largest absolute Gasteiger partial charge is 0.481 e. The Morgan fingerprint density at radius 2 is 0.878 bits per heavy atom. The molecular weight excluding hydrogens is 508 g/mol. The quantitative estimate of drug-likeness (QED) is 0.0493. The third kappa shape index (κ3) is 36.1. The van der Waals surface area contributed by atoms with E-state index in [0.717, 1.165) is 57.8 Å². The minimum Gasteiger partial charge on any atom is -0.481 e. The van der Waals surface area contributed by atoms with E-state index in [2.05, 4.69) is 43.4 Å². The molecule has 0 radical (unpaired) electrons. The third-order valence-corrected chi connectivity index (χ3v) is 7.58. The standard InChI is InChI=1S/C37H66O4/c1-2-3-4-5-6-7-8-9-12-16-19-22-25-28-31-34-37(40)41-35-32-29-26-23-20-17-14-11-10-13-15-18-21-24-27-30-33-36(38)39/h3-4,6-7,9,12H,2,5,8,10-11,13-35H2,1H3,(H,38,39)/b4-3-,7-6-,12-9-. The highest BCUT2D eigenvalue weighted by atomic mass is 16.5. The van der Waals surface area contributed by atoms with E-state index in [1.54, 1.807) is 0 Å². The van der Waals surface area contributed by atoms with Gasteiger partial charge in [0.15, 0.2) is 0 Å². The van der Waals surface area contributed by atoms with Gasteiger partial charge in [-0.05, 0) is 51.4 Å². The van der Waals surface area contributed by atoms with E-state index in [9.17, 15) is 9.59 Å². The summed E-state index contributed by atoms with van der Waals surface area (Å²) in [6, 6.07) is 0. The van der Waals surface area contributed by atoms with E-state index >= 15 is 0 Å². The molecule has 238 valence electrons. The van der Waals surface area contributed by atoms with Gasteiger partial charge in [-0.2, -0.15) is 0 Å². The van der Waals surface area contributed by atoms with Crippen molar-refractivity contribution in [2.45, 2.75) is 180 Å². The maximum atomic E-state index is 11.9. The summed E-state index contributed by atoms with van der Waals surface area (Å²) in [6.07, 6.45) is 44.3. The van der Waals surface area contributed by atoms with Crippen LogP contribution < -0.4 is 0 Å². The lowest BCUT2D eigenvalue weighted by Crippen LogP contribution is -2.05. The summed E-state index contributed by atoms with van der Waals surface area (Å²) in [6.45, 7) is 2.76. The Kier molecular flexibility index (Phi) is 32.8. The molecule has 0 amide bonds. The van der Waals surface area contributed by atoms with Crippen molar-refractivity contribution in [3.05, 3.63) is 36.5 Å². The van der Waals surface area contributed by atoms with Crippen LogP contribution in [0.4, 0.5) is 0 Å². The molecular formula is C37H66O4. The van der Waals surface area contributed by atoms with Crippen LogP contribution >= 0.6 is 0 Å². The molecule has 4 heteroatoms. The Morgan fingerprint density at radius 1 is 0.488 bits per heavy atom. The molecule has 0 bridgehead atoms. The second kappa shape index (κ2) is 34.4. The number of carboxylic acid groups (broad SMARTS) is 1. The van der Waals surface area contributed by atoms with E-state index in [0.29, 0.717) is 19.4 Å². The molecule has 0 saturated carbocycles. The summed E-state index contributed by atoms with van der Waals surface area (Å²) in [5.41, 5.74) is 0. The molecule has 0 aromatic carbocycles. The topological polar surface area (TPSA) is 63.6 Å². The average Bonchev–Trinajstić information content (AvgIpc) is 2.96. The fraction of sp³-hybridized carbons (Fsp3) is 0.784. The van der Waals surface area contributed by atoms with Crippen LogP contribution in [-0.2, 0) is 14.3 Å². The summed E-state index contributed by atoms with van der Waals surface area (Å²) in [5.74, 6) is -0.679. The van der Waals surface area contributed by atoms with E-state index < -0.39 is 5.97 Å². The van der Waals surface area contributed by atoms with Crippen molar-refractivity contribution in [1.29, 1.82) is 0 Å². The van der Waals surface area contributed by atoms with Gasteiger partial charge in [-0.1, -0.05) is 153 Å². The minimum atomic E-state index is -0.666. The first-order valence-electron chi connectivity index (χ1n) is 17.5. The van der Waals surface area contributed by atoms with Crippen LogP contribution in [0.5, 0.6) is 0 Å². The first-order chi connectivity index (χ1) is 20.2. The van der Waals surface area contributed by atoms with Crippen LogP contribution in [0.25, 0.3) is 0 Å². The summed E-state index contributed by atoms with van der Waals surface area (Å²) in [5, 5.41) is 8.63. The second-order valence-electron chi connectivity index (χ2n) is 11.6.